The van der Waals surface area contributed by atoms with Crippen LogP contribution in [-0.2, 0) is 35.0 Å². The zero-order valence-electron chi connectivity index (χ0n) is 24.4. The van der Waals surface area contributed by atoms with Gasteiger partial charge in [0.1, 0.15) is 6.10 Å². The number of nitrogens with one attached hydrogen (secondary N) is 1. The lowest BCUT2D eigenvalue weighted by atomic mass is 9.91. The van der Waals surface area contributed by atoms with Crippen LogP contribution in [0.1, 0.15) is 62.0 Å². The second kappa shape index (κ2) is 15.5. The second-order valence-electron chi connectivity index (χ2n) is 10.6. The molecule has 1 aliphatic carbocycles. The fourth-order valence-corrected chi connectivity index (χ4v) is 5.32. The van der Waals surface area contributed by atoms with Crippen molar-refractivity contribution in [2.24, 2.45) is 5.92 Å². The number of methoxy groups -OCH3 is 1. The summed E-state index contributed by atoms with van der Waals surface area (Å²) in [6.07, 6.45) is 6.41. The SMILES string of the molecule is COc1ccnc(C(=O)N[C@H]2COC[C@H](CCc3ccccc3)[C@@H](OC3CCCC3)[C@H](C)OC2=O)c1OCOC(C)=O. The summed E-state index contributed by atoms with van der Waals surface area (Å²) < 4.78 is 34.1. The molecule has 1 saturated heterocycles. The first-order valence-corrected chi connectivity index (χ1v) is 14.4. The number of aryl methyl sites for hydroxylation is 1. The van der Waals surface area contributed by atoms with Crippen LogP contribution in [0.5, 0.6) is 11.5 Å². The van der Waals surface area contributed by atoms with E-state index in [9.17, 15) is 14.4 Å². The molecule has 2 aromatic rings. The number of pyridine rings is 1. The minimum absolute atomic E-state index is 0.0237. The fourth-order valence-electron chi connectivity index (χ4n) is 5.32. The number of esters is 2. The van der Waals surface area contributed by atoms with Crippen molar-refractivity contribution >= 4 is 17.8 Å². The Bertz CT molecular complexity index is 1190. The third kappa shape index (κ3) is 8.65. The second-order valence-corrected chi connectivity index (χ2v) is 10.6. The summed E-state index contributed by atoms with van der Waals surface area (Å²) in [4.78, 5) is 41.9. The topological polar surface area (TPSA) is 132 Å². The lowest BCUT2D eigenvalue weighted by molar-refractivity contribution is -0.164. The highest BCUT2D eigenvalue weighted by Gasteiger charge is 2.37. The van der Waals surface area contributed by atoms with Crippen molar-refractivity contribution in [3.8, 4) is 11.5 Å². The summed E-state index contributed by atoms with van der Waals surface area (Å²) in [6.45, 7) is 2.86. The van der Waals surface area contributed by atoms with Gasteiger partial charge in [-0.2, -0.15) is 0 Å². The first-order valence-electron chi connectivity index (χ1n) is 14.4. The molecule has 4 atom stereocenters. The van der Waals surface area contributed by atoms with E-state index in [-0.39, 0.29) is 41.9 Å². The van der Waals surface area contributed by atoms with E-state index in [2.05, 4.69) is 22.4 Å². The maximum absolute atomic E-state index is 13.3. The smallest absolute Gasteiger partial charge is 0.331 e. The number of carbonyl (C=O) groups is 3. The molecule has 228 valence electrons. The molecular weight excluding hydrogens is 544 g/mol. The van der Waals surface area contributed by atoms with Crippen LogP contribution in [-0.4, -0.2) is 74.3 Å². The first-order chi connectivity index (χ1) is 20.4. The highest BCUT2D eigenvalue weighted by Crippen LogP contribution is 2.31. The Kier molecular flexibility index (Phi) is 11.5. The van der Waals surface area contributed by atoms with E-state index in [0.717, 1.165) is 38.5 Å². The Hall–Kier alpha value is -3.70. The number of aromatic nitrogens is 1. The van der Waals surface area contributed by atoms with Crippen molar-refractivity contribution < 1.29 is 42.8 Å². The molecule has 1 amide bonds. The van der Waals surface area contributed by atoms with Gasteiger partial charge in [-0.25, -0.2) is 9.78 Å². The third-order valence-electron chi connectivity index (χ3n) is 7.50. The Balaban J connectivity index is 1.48. The molecule has 1 aliphatic heterocycles. The fraction of sp³-hybridized carbons (Fsp3) is 0.548. The molecule has 1 saturated carbocycles. The molecule has 1 aromatic carbocycles. The average molecular weight is 585 g/mol. The van der Waals surface area contributed by atoms with Gasteiger partial charge >= 0.3 is 11.9 Å². The van der Waals surface area contributed by atoms with Crippen molar-refractivity contribution in [1.82, 2.24) is 10.3 Å². The van der Waals surface area contributed by atoms with Crippen LogP contribution in [0.3, 0.4) is 0 Å². The zero-order chi connectivity index (χ0) is 29.9. The minimum atomic E-state index is -1.10. The van der Waals surface area contributed by atoms with Crippen LogP contribution in [0.25, 0.3) is 0 Å². The van der Waals surface area contributed by atoms with Crippen LogP contribution in [0.2, 0.25) is 0 Å². The van der Waals surface area contributed by atoms with Gasteiger partial charge in [0.05, 0.1) is 32.5 Å². The summed E-state index contributed by atoms with van der Waals surface area (Å²) in [7, 11) is 1.40. The molecule has 4 rings (SSSR count). The lowest BCUT2D eigenvalue weighted by Crippen LogP contribution is -2.47. The monoisotopic (exact) mass is 584 g/mol. The third-order valence-corrected chi connectivity index (χ3v) is 7.50. The standard InChI is InChI=1S/C31H40N2O9/c1-20-28(42-24-11-7-8-12-24)23(14-13-22-9-5-4-6-10-22)17-38-18-25(31(36)41-20)33-30(35)27-29(40-19-39-21(2)34)26(37-3)15-16-32-27/h4-6,9-10,15-16,20,23-25,28H,7-8,11-14,17-19H2,1-3H3,(H,33,35)/t20-,23-,25-,28-/m0/s1. The Morgan fingerprint density at radius 2 is 1.86 bits per heavy atom. The Morgan fingerprint density at radius 1 is 1.10 bits per heavy atom. The van der Waals surface area contributed by atoms with Gasteiger partial charge in [0.15, 0.2) is 23.2 Å². The van der Waals surface area contributed by atoms with E-state index >= 15 is 0 Å². The van der Waals surface area contributed by atoms with E-state index < -0.39 is 36.8 Å². The molecule has 0 spiro atoms. The van der Waals surface area contributed by atoms with Gasteiger partial charge in [0.25, 0.3) is 5.91 Å². The number of hydrogen-bond acceptors (Lipinski definition) is 10. The molecule has 2 fully saturated rings. The number of ether oxygens (including phenoxy) is 6. The summed E-state index contributed by atoms with van der Waals surface area (Å²) in [5, 5.41) is 2.67. The van der Waals surface area contributed by atoms with E-state index in [1.807, 2.05) is 25.1 Å². The van der Waals surface area contributed by atoms with Crippen molar-refractivity contribution in [1.29, 1.82) is 0 Å². The molecule has 1 N–H and O–H groups in total. The molecular formula is C31H40N2O9. The van der Waals surface area contributed by atoms with Crippen molar-refractivity contribution in [3.05, 3.63) is 53.9 Å². The molecule has 11 nitrogen and oxygen atoms in total. The number of benzene rings is 1. The quantitative estimate of drug-likeness (QED) is 0.309. The maximum atomic E-state index is 13.3. The molecule has 0 bridgehead atoms. The Labute approximate surface area is 246 Å². The van der Waals surface area contributed by atoms with Gasteiger partial charge in [-0.1, -0.05) is 43.2 Å². The highest BCUT2D eigenvalue weighted by molar-refractivity contribution is 5.98. The van der Waals surface area contributed by atoms with Crippen molar-refractivity contribution in [2.45, 2.75) is 76.7 Å². The summed E-state index contributed by atoms with van der Waals surface area (Å²) in [5.41, 5.74) is 1.06. The van der Waals surface area contributed by atoms with E-state index in [4.69, 9.17) is 28.4 Å². The zero-order valence-corrected chi connectivity index (χ0v) is 24.4. The van der Waals surface area contributed by atoms with Crippen LogP contribution in [0.4, 0.5) is 0 Å². The molecule has 11 heteroatoms. The number of hydrogen-bond donors (Lipinski definition) is 1. The number of amides is 1. The van der Waals surface area contributed by atoms with Gasteiger partial charge in [-0.05, 0) is 38.2 Å². The number of cyclic esters (lactones) is 1. The predicted octanol–water partition coefficient (Wildman–Crippen LogP) is 3.63. The van der Waals surface area contributed by atoms with Crippen molar-refractivity contribution in [3.63, 3.8) is 0 Å². The number of carbonyl (C=O) groups excluding carboxylic acids is 3. The summed E-state index contributed by atoms with van der Waals surface area (Å²) in [5.74, 6) is -1.74. The highest BCUT2D eigenvalue weighted by atomic mass is 16.7. The summed E-state index contributed by atoms with van der Waals surface area (Å²) >= 11 is 0. The molecule has 2 heterocycles. The maximum Gasteiger partial charge on any atom is 0.331 e. The van der Waals surface area contributed by atoms with Gasteiger partial charge < -0.3 is 33.7 Å². The summed E-state index contributed by atoms with van der Waals surface area (Å²) in [6, 6.07) is 10.6. The molecule has 0 radical (unpaired) electrons. The van der Waals surface area contributed by atoms with Crippen LogP contribution < -0.4 is 14.8 Å². The van der Waals surface area contributed by atoms with E-state index in [0.29, 0.717) is 6.61 Å². The number of rotatable bonds is 11. The van der Waals surface area contributed by atoms with Crippen LogP contribution in [0, 0.1) is 5.92 Å². The van der Waals surface area contributed by atoms with Gasteiger partial charge in [-0.3, -0.25) is 9.59 Å². The average Bonchev–Trinajstić information content (AvgIpc) is 3.51. The van der Waals surface area contributed by atoms with Gasteiger partial charge in [0.2, 0.25) is 6.79 Å². The first kappa shape index (κ1) is 31.2. The van der Waals surface area contributed by atoms with Crippen LogP contribution >= 0.6 is 0 Å². The molecule has 0 unspecified atom stereocenters. The molecule has 1 aromatic heterocycles. The molecule has 2 aliphatic rings. The van der Waals surface area contributed by atoms with E-state index in [1.54, 1.807) is 0 Å². The van der Waals surface area contributed by atoms with Crippen LogP contribution in [0.15, 0.2) is 42.6 Å². The Morgan fingerprint density at radius 3 is 2.57 bits per heavy atom. The normalized spacial score (nSPS) is 23.2. The minimum Gasteiger partial charge on any atom is -0.493 e. The number of nitrogens with zero attached hydrogens (tertiary/aromatic N) is 1. The predicted molar refractivity (Wildman–Crippen MR) is 151 cm³/mol. The van der Waals surface area contributed by atoms with E-state index in [1.165, 1.54) is 31.9 Å². The molecule has 42 heavy (non-hydrogen) atoms. The van der Waals surface area contributed by atoms with Gasteiger partial charge in [0, 0.05) is 25.1 Å². The largest absolute Gasteiger partial charge is 0.493 e. The lowest BCUT2D eigenvalue weighted by Gasteiger charge is -2.33. The van der Waals surface area contributed by atoms with Gasteiger partial charge in [-0.15, -0.1) is 0 Å². The van der Waals surface area contributed by atoms with Crippen molar-refractivity contribution in [2.75, 3.05) is 27.1 Å².